The van der Waals surface area contributed by atoms with E-state index in [1.165, 1.54) is 37.4 Å². The summed E-state index contributed by atoms with van der Waals surface area (Å²) in [5.41, 5.74) is 2.59. The van der Waals surface area contributed by atoms with Crippen molar-refractivity contribution >= 4 is 29.3 Å². The lowest BCUT2D eigenvalue weighted by atomic mass is 10.3. The van der Waals surface area contributed by atoms with Gasteiger partial charge in [-0.25, -0.2) is 0 Å². The maximum Gasteiger partial charge on any atom is 0.237 e. The molecule has 1 aliphatic carbocycles. The van der Waals surface area contributed by atoms with Crippen molar-refractivity contribution in [1.29, 1.82) is 0 Å². The van der Waals surface area contributed by atoms with E-state index in [1.807, 2.05) is 27.8 Å². The maximum absolute atomic E-state index is 12.8. The van der Waals surface area contributed by atoms with Crippen molar-refractivity contribution < 1.29 is 4.79 Å². The number of rotatable bonds is 6. The van der Waals surface area contributed by atoms with Crippen LogP contribution in [0.4, 0.5) is 11.6 Å². The predicted molar refractivity (Wildman–Crippen MR) is 106 cm³/mol. The van der Waals surface area contributed by atoms with Crippen LogP contribution in [0.3, 0.4) is 0 Å². The minimum absolute atomic E-state index is 0.0349. The van der Waals surface area contributed by atoms with Gasteiger partial charge in [0.25, 0.3) is 0 Å². The molecule has 27 heavy (non-hydrogen) atoms. The third-order valence-electron chi connectivity index (χ3n) is 5.36. The number of aromatic nitrogens is 5. The van der Waals surface area contributed by atoms with Crippen LogP contribution in [0.2, 0.25) is 0 Å². The standard InChI is InChI=1S/C18H27N7OS/c1-11-15(12(2)23(4)22-11)19-16(26)13(3)27-18-21-20-17(24-9-5-6-10-24)25(18)14-7-8-14/h13-14H,5-10H2,1-4H3,(H,19,26). The zero-order valence-electron chi connectivity index (χ0n) is 16.4. The fourth-order valence-corrected chi connectivity index (χ4v) is 4.44. The van der Waals surface area contributed by atoms with Crippen LogP contribution in [0.5, 0.6) is 0 Å². The normalized spacial score (nSPS) is 18.1. The molecule has 1 atom stereocenters. The topological polar surface area (TPSA) is 80.9 Å². The van der Waals surface area contributed by atoms with E-state index >= 15 is 0 Å². The lowest BCUT2D eigenvalue weighted by Crippen LogP contribution is -2.24. The van der Waals surface area contributed by atoms with E-state index in [0.29, 0.717) is 6.04 Å². The van der Waals surface area contributed by atoms with Crippen molar-refractivity contribution in [2.24, 2.45) is 7.05 Å². The average molecular weight is 390 g/mol. The Balaban J connectivity index is 1.49. The lowest BCUT2D eigenvalue weighted by molar-refractivity contribution is -0.115. The van der Waals surface area contributed by atoms with Crippen LogP contribution in [-0.4, -0.2) is 48.8 Å². The van der Waals surface area contributed by atoms with Gasteiger partial charge in [-0.05, 0) is 46.5 Å². The molecule has 0 radical (unpaired) electrons. The average Bonchev–Trinajstić information content (AvgIpc) is 3.07. The molecule has 2 fully saturated rings. The molecule has 1 N–H and O–H groups in total. The zero-order chi connectivity index (χ0) is 19.1. The molecule has 3 heterocycles. The van der Waals surface area contributed by atoms with Crippen LogP contribution >= 0.6 is 11.8 Å². The number of thioether (sulfide) groups is 1. The second-order valence-electron chi connectivity index (χ2n) is 7.50. The fourth-order valence-electron chi connectivity index (χ4n) is 3.53. The van der Waals surface area contributed by atoms with Crippen molar-refractivity contribution in [1.82, 2.24) is 24.5 Å². The van der Waals surface area contributed by atoms with Gasteiger partial charge in [-0.15, -0.1) is 10.2 Å². The van der Waals surface area contributed by atoms with Gasteiger partial charge in [0.2, 0.25) is 11.9 Å². The highest BCUT2D eigenvalue weighted by Gasteiger charge is 2.33. The van der Waals surface area contributed by atoms with E-state index in [4.69, 9.17) is 0 Å². The van der Waals surface area contributed by atoms with Crippen LogP contribution in [0.15, 0.2) is 5.16 Å². The summed E-state index contributed by atoms with van der Waals surface area (Å²) in [5.74, 6) is 0.941. The summed E-state index contributed by atoms with van der Waals surface area (Å²) in [6.07, 6.45) is 4.76. The highest BCUT2D eigenvalue weighted by Crippen LogP contribution is 2.42. The summed E-state index contributed by atoms with van der Waals surface area (Å²) in [6, 6.07) is 0.483. The van der Waals surface area contributed by atoms with Gasteiger partial charge in [0.05, 0.1) is 22.3 Å². The maximum atomic E-state index is 12.8. The Morgan fingerprint density at radius 3 is 2.52 bits per heavy atom. The molecule has 4 rings (SSSR count). The summed E-state index contributed by atoms with van der Waals surface area (Å²) in [5, 5.41) is 16.9. The Morgan fingerprint density at radius 2 is 1.93 bits per heavy atom. The fraction of sp³-hybridized carbons (Fsp3) is 0.667. The van der Waals surface area contributed by atoms with Crippen molar-refractivity contribution in [3.05, 3.63) is 11.4 Å². The van der Waals surface area contributed by atoms with E-state index in [9.17, 15) is 4.79 Å². The zero-order valence-corrected chi connectivity index (χ0v) is 17.2. The largest absolute Gasteiger partial charge is 0.341 e. The summed E-state index contributed by atoms with van der Waals surface area (Å²) >= 11 is 1.49. The Kier molecular flexibility index (Phi) is 4.88. The third kappa shape index (κ3) is 3.56. The number of carbonyl (C=O) groups is 1. The van der Waals surface area contributed by atoms with Gasteiger partial charge < -0.3 is 10.2 Å². The molecular weight excluding hydrogens is 362 g/mol. The number of nitrogens with zero attached hydrogens (tertiary/aromatic N) is 6. The minimum Gasteiger partial charge on any atom is -0.341 e. The van der Waals surface area contributed by atoms with Gasteiger partial charge in [0.15, 0.2) is 5.16 Å². The molecular formula is C18H27N7OS. The third-order valence-corrected chi connectivity index (χ3v) is 6.41. The lowest BCUT2D eigenvalue weighted by Gasteiger charge is -2.18. The Hall–Kier alpha value is -2.03. The number of hydrogen-bond donors (Lipinski definition) is 1. The molecule has 1 amide bonds. The summed E-state index contributed by atoms with van der Waals surface area (Å²) in [7, 11) is 1.88. The van der Waals surface area contributed by atoms with Crippen molar-refractivity contribution in [3.8, 4) is 0 Å². The van der Waals surface area contributed by atoms with Gasteiger partial charge in [-0.2, -0.15) is 5.10 Å². The molecule has 2 aromatic rings. The smallest absolute Gasteiger partial charge is 0.237 e. The van der Waals surface area contributed by atoms with E-state index in [2.05, 4.69) is 30.1 Å². The van der Waals surface area contributed by atoms with Gasteiger partial charge >= 0.3 is 0 Å². The molecule has 0 bridgehead atoms. The first-order valence-corrected chi connectivity index (χ1v) is 10.5. The van der Waals surface area contributed by atoms with E-state index < -0.39 is 0 Å². The molecule has 9 heteroatoms. The second-order valence-corrected chi connectivity index (χ2v) is 8.80. The van der Waals surface area contributed by atoms with Crippen LogP contribution in [0.1, 0.15) is 50.0 Å². The molecule has 1 aliphatic heterocycles. The quantitative estimate of drug-likeness (QED) is 0.765. The molecule has 0 spiro atoms. The monoisotopic (exact) mass is 389 g/mol. The number of anilines is 2. The first-order valence-electron chi connectivity index (χ1n) is 9.63. The Labute approximate surface area is 163 Å². The molecule has 2 aliphatic rings. The van der Waals surface area contributed by atoms with Crippen molar-refractivity contribution in [2.45, 2.75) is 62.9 Å². The molecule has 1 saturated heterocycles. The van der Waals surface area contributed by atoms with Crippen molar-refractivity contribution in [2.75, 3.05) is 23.3 Å². The number of aryl methyl sites for hydroxylation is 2. The summed E-state index contributed by atoms with van der Waals surface area (Å²) in [4.78, 5) is 15.1. The molecule has 1 unspecified atom stereocenters. The molecule has 146 valence electrons. The first-order chi connectivity index (χ1) is 13.0. The van der Waals surface area contributed by atoms with E-state index in [1.54, 1.807) is 4.68 Å². The second kappa shape index (κ2) is 7.18. The minimum atomic E-state index is -0.267. The summed E-state index contributed by atoms with van der Waals surface area (Å²) < 4.78 is 4.04. The van der Waals surface area contributed by atoms with Crippen LogP contribution in [-0.2, 0) is 11.8 Å². The number of nitrogens with one attached hydrogen (secondary N) is 1. The highest BCUT2D eigenvalue weighted by atomic mass is 32.2. The Morgan fingerprint density at radius 1 is 1.22 bits per heavy atom. The highest BCUT2D eigenvalue weighted by molar-refractivity contribution is 8.00. The SMILES string of the molecule is Cc1nn(C)c(C)c1NC(=O)C(C)Sc1nnc(N2CCCC2)n1C1CC1. The van der Waals surface area contributed by atoms with Gasteiger partial charge in [-0.3, -0.25) is 14.0 Å². The van der Waals surface area contributed by atoms with Gasteiger partial charge in [0, 0.05) is 26.2 Å². The molecule has 0 aromatic carbocycles. The number of carbonyl (C=O) groups excluding carboxylic acids is 1. The predicted octanol–water partition coefficient (Wildman–Crippen LogP) is 2.68. The Bertz CT molecular complexity index is 848. The van der Waals surface area contributed by atoms with E-state index in [0.717, 1.165) is 41.3 Å². The van der Waals surface area contributed by atoms with Crippen LogP contribution < -0.4 is 10.2 Å². The molecule has 8 nitrogen and oxygen atoms in total. The number of amides is 1. The van der Waals surface area contributed by atoms with Crippen LogP contribution in [0, 0.1) is 13.8 Å². The first kappa shape index (κ1) is 18.3. The van der Waals surface area contributed by atoms with Crippen LogP contribution in [0.25, 0.3) is 0 Å². The number of hydrogen-bond acceptors (Lipinski definition) is 6. The van der Waals surface area contributed by atoms with E-state index in [-0.39, 0.29) is 11.2 Å². The summed E-state index contributed by atoms with van der Waals surface area (Å²) in [6.45, 7) is 7.88. The van der Waals surface area contributed by atoms with Gasteiger partial charge in [-0.1, -0.05) is 11.8 Å². The van der Waals surface area contributed by atoms with Gasteiger partial charge in [0.1, 0.15) is 0 Å². The molecule has 1 saturated carbocycles. The molecule has 2 aromatic heterocycles. The van der Waals surface area contributed by atoms with Crippen molar-refractivity contribution in [3.63, 3.8) is 0 Å².